The first-order valence-corrected chi connectivity index (χ1v) is 5.61. The van der Waals surface area contributed by atoms with Crippen molar-refractivity contribution in [2.75, 3.05) is 18.5 Å². The Morgan fingerprint density at radius 2 is 2.00 bits per heavy atom. The topological polar surface area (TPSA) is 93.4 Å². The molecule has 1 rings (SSSR count). The number of hydrogen-bond donors (Lipinski definition) is 3. The smallest absolute Gasteiger partial charge is 0.404 e. The molecular weight excluding hydrogens is 234 g/mol. The van der Waals surface area contributed by atoms with Gasteiger partial charge in [0.1, 0.15) is 6.61 Å². The van der Waals surface area contributed by atoms with E-state index < -0.39 is 6.09 Å². The number of benzene rings is 1. The molecule has 0 heterocycles. The lowest BCUT2D eigenvalue weighted by atomic mass is 10.2. The summed E-state index contributed by atoms with van der Waals surface area (Å²) in [6.07, 6.45) is -0.821. The van der Waals surface area contributed by atoms with Crippen LogP contribution < -0.4 is 16.4 Å². The highest BCUT2D eigenvalue weighted by Crippen LogP contribution is 2.05. The molecule has 0 bridgehead atoms. The van der Waals surface area contributed by atoms with E-state index in [4.69, 9.17) is 5.73 Å². The van der Waals surface area contributed by atoms with Crippen molar-refractivity contribution in [3.63, 3.8) is 0 Å². The summed E-state index contributed by atoms with van der Waals surface area (Å²) < 4.78 is 4.53. The molecule has 0 fully saturated rings. The standard InChI is InChI=1S/C12H17N3O3/c1-9(14-7-8-18-12(13)17)11(16)15-10-5-3-2-4-6-10/h2-6,9,14H,7-8H2,1H3,(H2,13,17)(H,15,16). The fourth-order valence-electron chi connectivity index (χ4n) is 1.29. The van der Waals surface area contributed by atoms with E-state index in [1.54, 1.807) is 19.1 Å². The van der Waals surface area contributed by atoms with Gasteiger partial charge in [0, 0.05) is 12.2 Å². The molecule has 0 aliphatic rings. The maximum Gasteiger partial charge on any atom is 0.404 e. The van der Waals surface area contributed by atoms with E-state index >= 15 is 0 Å². The number of nitrogens with two attached hydrogens (primary N) is 1. The first-order chi connectivity index (χ1) is 8.59. The molecule has 1 unspecified atom stereocenters. The molecule has 4 N–H and O–H groups in total. The quantitative estimate of drug-likeness (QED) is 0.649. The number of carbonyl (C=O) groups is 2. The molecule has 0 aliphatic heterocycles. The van der Waals surface area contributed by atoms with Gasteiger partial charge in [-0.15, -0.1) is 0 Å². The van der Waals surface area contributed by atoms with Gasteiger partial charge >= 0.3 is 6.09 Å². The van der Waals surface area contributed by atoms with Crippen LogP contribution in [0.1, 0.15) is 6.92 Å². The molecule has 98 valence electrons. The molecule has 0 spiro atoms. The summed E-state index contributed by atoms with van der Waals surface area (Å²) >= 11 is 0. The average molecular weight is 251 g/mol. The predicted octanol–water partition coefficient (Wildman–Crippen LogP) is 0.698. The molecule has 18 heavy (non-hydrogen) atoms. The Kier molecular flexibility index (Phi) is 5.66. The largest absolute Gasteiger partial charge is 0.448 e. The van der Waals surface area contributed by atoms with Crippen LogP contribution in [0.3, 0.4) is 0 Å². The molecule has 1 aromatic carbocycles. The second kappa shape index (κ2) is 7.29. The summed E-state index contributed by atoms with van der Waals surface area (Å²) in [6.45, 7) is 2.23. The average Bonchev–Trinajstić information content (AvgIpc) is 2.35. The molecule has 6 nitrogen and oxygen atoms in total. The van der Waals surface area contributed by atoms with E-state index in [0.717, 1.165) is 5.69 Å². The van der Waals surface area contributed by atoms with Gasteiger partial charge in [-0.25, -0.2) is 4.79 Å². The second-order valence-electron chi connectivity index (χ2n) is 3.70. The third-order valence-corrected chi connectivity index (χ3v) is 2.23. The van der Waals surface area contributed by atoms with Crippen molar-refractivity contribution in [2.24, 2.45) is 5.73 Å². The second-order valence-corrected chi connectivity index (χ2v) is 3.70. The maximum atomic E-state index is 11.7. The number of hydrogen-bond acceptors (Lipinski definition) is 4. The maximum absolute atomic E-state index is 11.7. The third kappa shape index (κ3) is 5.31. The van der Waals surface area contributed by atoms with Gasteiger partial charge in [-0.1, -0.05) is 18.2 Å². The Morgan fingerprint density at radius 3 is 2.61 bits per heavy atom. The molecule has 2 amide bonds. The number of nitrogens with one attached hydrogen (secondary N) is 2. The summed E-state index contributed by atoms with van der Waals surface area (Å²) in [5.41, 5.74) is 5.54. The van der Waals surface area contributed by atoms with Gasteiger partial charge in [-0.3, -0.25) is 4.79 Å². The zero-order valence-electron chi connectivity index (χ0n) is 10.2. The molecule has 1 aromatic rings. The van der Waals surface area contributed by atoms with Crippen molar-refractivity contribution in [3.05, 3.63) is 30.3 Å². The Balaban J connectivity index is 2.27. The highest BCUT2D eigenvalue weighted by Gasteiger charge is 2.11. The van der Waals surface area contributed by atoms with Gasteiger partial charge in [-0.2, -0.15) is 0 Å². The zero-order valence-corrected chi connectivity index (χ0v) is 10.2. The van der Waals surface area contributed by atoms with E-state index in [1.165, 1.54) is 0 Å². The minimum absolute atomic E-state index is 0.137. The zero-order chi connectivity index (χ0) is 13.4. The van der Waals surface area contributed by atoms with Crippen LogP contribution in [0.15, 0.2) is 30.3 Å². The Hall–Kier alpha value is -2.08. The number of amides is 2. The van der Waals surface area contributed by atoms with Crippen LogP contribution in [0.5, 0.6) is 0 Å². The summed E-state index contributed by atoms with van der Waals surface area (Å²) in [5, 5.41) is 5.67. The monoisotopic (exact) mass is 251 g/mol. The minimum atomic E-state index is -0.821. The summed E-state index contributed by atoms with van der Waals surface area (Å²) in [4.78, 5) is 22.0. The lowest BCUT2D eigenvalue weighted by Crippen LogP contribution is -2.40. The number of primary amides is 1. The molecular formula is C12H17N3O3. The first kappa shape index (κ1) is 14.0. The fourth-order valence-corrected chi connectivity index (χ4v) is 1.29. The van der Waals surface area contributed by atoms with Crippen LogP contribution in [0.4, 0.5) is 10.5 Å². The lowest BCUT2D eigenvalue weighted by Gasteiger charge is -2.13. The van der Waals surface area contributed by atoms with Crippen molar-refractivity contribution in [1.82, 2.24) is 5.32 Å². The summed E-state index contributed by atoms with van der Waals surface area (Å²) in [5.74, 6) is -0.153. The molecule has 0 saturated heterocycles. The van der Waals surface area contributed by atoms with E-state index in [-0.39, 0.29) is 18.6 Å². The van der Waals surface area contributed by atoms with Gasteiger partial charge in [0.05, 0.1) is 6.04 Å². The number of para-hydroxylation sites is 1. The van der Waals surface area contributed by atoms with E-state index in [0.29, 0.717) is 6.54 Å². The van der Waals surface area contributed by atoms with Gasteiger partial charge in [0.15, 0.2) is 0 Å². The molecule has 6 heteroatoms. The molecule has 0 radical (unpaired) electrons. The normalized spacial score (nSPS) is 11.6. The summed E-state index contributed by atoms with van der Waals surface area (Å²) in [7, 11) is 0. The van der Waals surface area contributed by atoms with Crippen molar-refractivity contribution < 1.29 is 14.3 Å². The van der Waals surface area contributed by atoms with E-state index in [2.05, 4.69) is 15.4 Å². The van der Waals surface area contributed by atoms with Gasteiger partial charge < -0.3 is 21.1 Å². The van der Waals surface area contributed by atoms with Crippen LogP contribution in [0, 0.1) is 0 Å². The molecule has 0 aromatic heterocycles. The van der Waals surface area contributed by atoms with Gasteiger partial charge in [-0.05, 0) is 19.1 Å². The van der Waals surface area contributed by atoms with Crippen LogP contribution in [-0.4, -0.2) is 31.2 Å². The van der Waals surface area contributed by atoms with Gasteiger partial charge in [0.2, 0.25) is 5.91 Å². The lowest BCUT2D eigenvalue weighted by molar-refractivity contribution is -0.117. The molecule has 0 saturated carbocycles. The number of ether oxygens (including phenoxy) is 1. The third-order valence-electron chi connectivity index (χ3n) is 2.23. The minimum Gasteiger partial charge on any atom is -0.448 e. The van der Waals surface area contributed by atoms with Crippen LogP contribution in [-0.2, 0) is 9.53 Å². The number of carbonyl (C=O) groups excluding carboxylic acids is 2. The van der Waals surface area contributed by atoms with Crippen molar-refractivity contribution in [2.45, 2.75) is 13.0 Å². The first-order valence-electron chi connectivity index (χ1n) is 5.61. The van der Waals surface area contributed by atoms with Crippen molar-refractivity contribution >= 4 is 17.7 Å². The van der Waals surface area contributed by atoms with Crippen molar-refractivity contribution in [3.8, 4) is 0 Å². The predicted molar refractivity (Wildman–Crippen MR) is 68.1 cm³/mol. The van der Waals surface area contributed by atoms with Crippen LogP contribution >= 0.6 is 0 Å². The molecule has 1 atom stereocenters. The van der Waals surface area contributed by atoms with E-state index in [9.17, 15) is 9.59 Å². The van der Waals surface area contributed by atoms with Crippen LogP contribution in [0.25, 0.3) is 0 Å². The SMILES string of the molecule is CC(NCCOC(N)=O)C(=O)Nc1ccccc1. The summed E-state index contributed by atoms with van der Waals surface area (Å²) in [6, 6.07) is 8.78. The van der Waals surface area contributed by atoms with Crippen molar-refractivity contribution in [1.29, 1.82) is 0 Å². The number of anilines is 1. The number of rotatable bonds is 6. The van der Waals surface area contributed by atoms with Gasteiger partial charge in [0.25, 0.3) is 0 Å². The highest BCUT2D eigenvalue weighted by molar-refractivity contribution is 5.94. The Bertz CT molecular complexity index is 395. The molecule has 0 aliphatic carbocycles. The highest BCUT2D eigenvalue weighted by atomic mass is 16.5. The Morgan fingerprint density at radius 1 is 1.33 bits per heavy atom. The Labute approximate surface area is 105 Å². The van der Waals surface area contributed by atoms with Crippen LogP contribution in [0.2, 0.25) is 0 Å². The van der Waals surface area contributed by atoms with E-state index in [1.807, 2.05) is 18.2 Å². The fraction of sp³-hybridized carbons (Fsp3) is 0.333.